The number of nitrogens with one attached hydrogen (secondary N) is 1. The molecular formula is C12H18FNO. The molecule has 1 N–H and O–H groups in total. The van der Waals surface area contributed by atoms with Crippen LogP contribution in [0.1, 0.15) is 25.1 Å². The fourth-order valence-electron chi connectivity index (χ4n) is 1.40. The zero-order valence-corrected chi connectivity index (χ0v) is 9.46. The number of alkyl halides is 1. The van der Waals surface area contributed by atoms with Gasteiger partial charge in [0.2, 0.25) is 0 Å². The molecule has 2 nitrogen and oxygen atoms in total. The predicted octanol–water partition coefficient (Wildman–Crippen LogP) is 2.70. The molecule has 1 aromatic rings. The Hall–Kier alpha value is -1.09. The van der Waals surface area contributed by atoms with E-state index in [4.69, 9.17) is 4.74 Å². The van der Waals surface area contributed by atoms with Crippen molar-refractivity contribution in [2.45, 2.75) is 25.6 Å². The van der Waals surface area contributed by atoms with Crippen LogP contribution in [0.4, 0.5) is 4.39 Å². The molecule has 0 aliphatic heterocycles. The van der Waals surface area contributed by atoms with Gasteiger partial charge in [0.25, 0.3) is 0 Å². The van der Waals surface area contributed by atoms with Crippen LogP contribution in [0.25, 0.3) is 0 Å². The lowest BCUT2D eigenvalue weighted by molar-refractivity contribution is 0.294. The number of methoxy groups -OCH3 is 1. The van der Waals surface area contributed by atoms with Crippen molar-refractivity contribution in [2.24, 2.45) is 0 Å². The summed E-state index contributed by atoms with van der Waals surface area (Å²) in [6.07, 6.45) is -0.466. The van der Waals surface area contributed by atoms with Gasteiger partial charge in [-0.05, 0) is 38.1 Å². The van der Waals surface area contributed by atoms with Crippen molar-refractivity contribution in [3.63, 3.8) is 0 Å². The molecule has 0 saturated heterocycles. The number of halogens is 1. The second-order valence-corrected chi connectivity index (χ2v) is 3.67. The van der Waals surface area contributed by atoms with E-state index < -0.39 is 6.17 Å². The van der Waals surface area contributed by atoms with Crippen LogP contribution in [-0.4, -0.2) is 20.2 Å². The number of hydrogen-bond donors (Lipinski definition) is 1. The van der Waals surface area contributed by atoms with Crippen LogP contribution < -0.4 is 10.1 Å². The largest absolute Gasteiger partial charge is 0.497 e. The van der Waals surface area contributed by atoms with E-state index in [1.54, 1.807) is 19.2 Å². The van der Waals surface area contributed by atoms with E-state index in [1.165, 1.54) is 0 Å². The van der Waals surface area contributed by atoms with Crippen LogP contribution in [0.5, 0.6) is 5.75 Å². The van der Waals surface area contributed by atoms with Gasteiger partial charge in [-0.3, -0.25) is 0 Å². The fraction of sp³-hybridized carbons (Fsp3) is 0.500. The Kier molecular flexibility index (Phi) is 4.56. The SMILES string of the molecule is CNC(C)CC(F)c1cccc(OC)c1. The van der Waals surface area contributed by atoms with Crippen molar-refractivity contribution >= 4 is 0 Å². The lowest BCUT2D eigenvalue weighted by atomic mass is 10.0. The van der Waals surface area contributed by atoms with E-state index in [0.717, 1.165) is 0 Å². The molecule has 1 rings (SSSR count). The van der Waals surface area contributed by atoms with Crippen LogP contribution in [-0.2, 0) is 0 Å². The van der Waals surface area contributed by atoms with E-state index >= 15 is 0 Å². The van der Waals surface area contributed by atoms with Gasteiger partial charge in [-0.1, -0.05) is 12.1 Å². The highest BCUT2D eigenvalue weighted by molar-refractivity contribution is 5.29. The van der Waals surface area contributed by atoms with Crippen molar-refractivity contribution in [1.29, 1.82) is 0 Å². The van der Waals surface area contributed by atoms with Crippen molar-refractivity contribution in [2.75, 3.05) is 14.2 Å². The van der Waals surface area contributed by atoms with Crippen LogP contribution in [0.3, 0.4) is 0 Å². The molecule has 0 fully saturated rings. The van der Waals surface area contributed by atoms with Crippen molar-refractivity contribution < 1.29 is 9.13 Å². The third kappa shape index (κ3) is 3.51. The van der Waals surface area contributed by atoms with Crippen LogP contribution in [0.2, 0.25) is 0 Å². The minimum absolute atomic E-state index is 0.172. The van der Waals surface area contributed by atoms with E-state index in [-0.39, 0.29) is 6.04 Å². The minimum atomic E-state index is -0.942. The van der Waals surface area contributed by atoms with E-state index in [2.05, 4.69) is 5.32 Å². The molecule has 0 bridgehead atoms. The molecule has 0 aromatic heterocycles. The molecular weight excluding hydrogens is 193 g/mol. The topological polar surface area (TPSA) is 21.3 Å². The standard InChI is InChI=1S/C12H18FNO/c1-9(14-2)7-12(13)10-5-4-6-11(8-10)15-3/h4-6,8-9,12,14H,7H2,1-3H3. The van der Waals surface area contributed by atoms with Crippen molar-refractivity contribution in [1.82, 2.24) is 5.32 Å². The summed E-state index contributed by atoms with van der Waals surface area (Å²) in [7, 11) is 3.42. The Balaban J connectivity index is 2.68. The van der Waals surface area contributed by atoms with Gasteiger partial charge >= 0.3 is 0 Å². The average molecular weight is 211 g/mol. The van der Waals surface area contributed by atoms with E-state index in [0.29, 0.717) is 17.7 Å². The maximum atomic E-state index is 13.8. The lowest BCUT2D eigenvalue weighted by Crippen LogP contribution is -2.22. The normalized spacial score (nSPS) is 14.7. The average Bonchev–Trinajstić information content (AvgIpc) is 2.28. The molecule has 0 saturated carbocycles. The Morgan fingerprint density at radius 3 is 2.80 bits per heavy atom. The molecule has 84 valence electrons. The Morgan fingerprint density at radius 2 is 2.20 bits per heavy atom. The molecule has 15 heavy (non-hydrogen) atoms. The van der Waals surface area contributed by atoms with E-state index in [9.17, 15) is 4.39 Å². The monoisotopic (exact) mass is 211 g/mol. The molecule has 0 heterocycles. The highest BCUT2D eigenvalue weighted by Crippen LogP contribution is 2.25. The van der Waals surface area contributed by atoms with Gasteiger partial charge in [0.15, 0.2) is 0 Å². The van der Waals surface area contributed by atoms with E-state index in [1.807, 2.05) is 26.1 Å². The predicted molar refractivity (Wildman–Crippen MR) is 60.0 cm³/mol. The minimum Gasteiger partial charge on any atom is -0.497 e. The summed E-state index contributed by atoms with van der Waals surface area (Å²) in [4.78, 5) is 0. The number of rotatable bonds is 5. The summed E-state index contributed by atoms with van der Waals surface area (Å²) in [5.74, 6) is 0.701. The van der Waals surface area contributed by atoms with Gasteiger partial charge in [0.05, 0.1) is 7.11 Å². The molecule has 0 amide bonds. The molecule has 0 aliphatic rings. The zero-order valence-electron chi connectivity index (χ0n) is 9.46. The highest BCUT2D eigenvalue weighted by Gasteiger charge is 2.13. The summed E-state index contributed by atoms with van der Waals surface area (Å²) in [5, 5.41) is 3.02. The van der Waals surface area contributed by atoms with Gasteiger partial charge in [0.1, 0.15) is 11.9 Å². The summed E-state index contributed by atoms with van der Waals surface area (Å²) in [6.45, 7) is 1.97. The van der Waals surface area contributed by atoms with Crippen molar-refractivity contribution in [3.05, 3.63) is 29.8 Å². The zero-order chi connectivity index (χ0) is 11.3. The molecule has 2 unspecified atom stereocenters. The maximum Gasteiger partial charge on any atom is 0.127 e. The Bertz CT molecular complexity index is 303. The first-order chi connectivity index (χ1) is 7.17. The molecule has 1 aromatic carbocycles. The highest BCUT2D eigenvalue weighted by atomic mass is 19.1. The number of ether oxygens (including phenoxy) is 1. The summed E-state index contributed by atoms with van der Waals surface area (Å²) >= 11 is 0. The summed E-state index contributed by atoms with van der Waals surface area (Å²) in [6, 6.07) is 7.33. The molecule has 0 radical (unpaired) electrons. The van der Waals surface area contributed by atoms with Gasteiger partial charge in [-0.15, -0.1) is 0 Å². The van der Waals surface area contributed by atoms with Crippen LogP contribution in [0, 0.1) is 0 Å². The van der Waals surface area contributed by atoms with Crippen molar-refractivity contribution in [3.8, 4) is 5.75 Å². The van der Waals surface area contributed by atoms with Gasteiger partial charge in [-0.25, -0.2) is 4.39 Å². The van der Waals surface area contributed by atoms with Gasteiger partial charge in [-0.2, -0.15) is 0 Å². The third-order valence-electron chi connectivity index (χ3n) is 2.51. The van der Waals surface area contributed by atoms with Gasteiger partial charge < -0.3 is 10.1 Å². The second kappa shape index (κ2) is 5.71. The Morgan fingerprint density at radius 1 is 1.47 bits per heavy atom. The van der Waals surface area contributed by atoms with Gasteiger partial charge in [0, 0.05) is 6.04 Å². The first kappa shape index (κ1) is 12.0. The number of hydrogen-bond acceptors (Lipinski definition) is 2. The summed E-state index contributed by atoms with van der Waals surface area (Å²) in [5.41, 5.74) is 0.677. The second-order valence-electron chi connectivity index (χ2n) is 3.67. The third-order valence-corrected chi connectivity index (χ3v) is 2.51. The molecule has 3 heteroatoms. The first-order valence-corrected chi connectivity index (χ1v) is 5.12. The molecule has 2 atom stereocenters. The van der Waals surface area contributed by atoms with Crippen LogP contribution >= 0.6 is 0 Å². The van der Waals surface area contributed by atoms with Crippen LogP contribution in [0.15, 0.2) is 24.3 Å². The first-order valence-electron chi connectivity index (χ1n) is 5.12. The molecule has 0 spiro atoms. The quantitative estimate of drug-likeness (QED) is 0.808. The maximum absolute atomic E-state index is 13.8. The smallest absolute Gasteiger partial charge is 0.127 e. The Labute approximate surface area is 90.4 Å². The fourth-order valence-corrected chi connectivity index (χ4v) is 1.40. The number of benzene rings is 1. The lowest BCUT2D eigenvalue weighted by Gasteiger charge is -2.14. The molecule has 0 aliphatic carbocycles. The summed E-state index contributed by atoms with van der Waals surface area (Å²) < 4.78 is 18.8.